The molecule has 66 valence electrons. The summed E-state index contributed by atoms with van der Waals surface area (Å²) in [6.07, 6.45) is 3.85. The Morgan fingerprint density at radius 1 is 1.46 bits per heavy atom. The van der Waals surface area contributed by atoms with Crippen molar-refractivity contribution in [3.8, 4) is 5.75 Å². The Morgan fingerprint density at radius 2 is 2.31 bits per heavy atom. The van der Waals surface area contributed by atoms with E-state index in [-0.39, 0.29) is 5.78 Å². The molecular weight excluding hydrogens is 164 g/mol. The molecule has 0 spiro atoms. The summed E-state index contributed by atoms with van der Waals surface area (Å²) < 4.78 is 5.38. The molecule has 2 heteroatoms. The highest BCUT2D eigenvalue weighted by Gasteiger charge is 2.11. The molecule has 0 atom stereocenters. The third kappa shape index (κ3) is 1.35. The van der Waals surface area contributed by atoms with Gasteiger partial charge >= 0.3 is 0 Å². The van der Waals surface area contributed by atoms with Crippen LogP contribution in [-0.2, 0) is 0 Å². The molecule has 1 heterocycles. The number of fused-ring (bicyclic) bond motifs is 1. The van der Waals surface area contributed by atoms with Crippen LogP contribution in [0.25, 0.3) is 6.08 Å². The highest BCUT2D eigenvalue weighted by molar-refractivity contribution is 5.98. The molecular formula is C11H10O2. The molecule has 0 N–H and O–H groups in total. The summed E-state index contributed by atoms with van der Waals surface area (Å²) in [5, 5.41) is 0. The van der Waals surface area contributed by atoms with E-state index < -0.39 is 0 Å². The maximum atomic E-state index is 11.2. The fourth-order valence-electron chi connectivity index (χ4n) is 1.45. The summed E-state index contributed by atoms with van der Waals surface area (Å²) in [6, 6.07) is 5.54. The lowest BCUT2D eigenvalue weighted by Crippen LogP contribution is -2.04. The fourth-order valence-corrected chi connectivity index (χ4v) is 1.45. The first kappa shape index (κ1) is 8.05. The summed E-state index contributed by atoms with van der Waals surface area (Å²) in [5.74, 6) is 0.877. The predicted octanol–water partition coefficient (Wildman–Crippen LogP) is 2.29. The van der Waals surface area contributed by atoms with Crippen LogP contribution in [0.4, 0.5) is 0 Å². The van der Waals surface area contributed by atoms with Crippen molar-refractivity contribution in [3.05, 3.63) is 35.4 Å². The lowest BCUT2D eigenvalue weighted by molar-refractivity contribution is 0.101. The minimum Gasteiger partial charge on any atom is -0.489 e. The van der Waals surface area contributed by atoms with Gasteiger partial charge in [0.05, 0.1) is 0 Å². The van der Waals surface area contributed by atoms with Crippen LogP contribution in [0.15, 0.2) is 24.3 Å². The monoisotopic (exact) mass is 174 g/mol. The van der Waals surface area contributed by atoms with Crippen molar-refractivity contribution < 1.29 is 9.53 Å². The Bertz CT molecular complexity index is 378. The maximum absolute atomic E-state index is 11.2. The maximum Gasteiger partial charge on any atom is 0.160 e. The number of rotatable bonds is 1. The number of hydrogen-bond donors (Lipinski definition) is 0. The normalized spacial score (nSPS) is 13.3. The molecule has 0 radical (unpaired) electrons. The first-order chi connectivity index (χ1) is 6.29. The Morgan fingerprint density at radius 3 is 3.08 bits per heavy atom. The van der Waals surface area contributed by atoms with Crippen molar-refractivity contribution in [1.29, 1.82) is 0 Å². The number of carbonyl (C=O) groups is 1. The quantitative estimate of drug-likeness (QED) is 0.610. The second-order valence-corrected chi connectivity index (χ2v) is 2.99. The third-order valence-electron chi connectivity index (χ3n) is 2.06. The lowest BCUT2D eigenvalue weighted by atomic mass is 10.0. The van der Waals surface area contributed by atoms with Gasteiger partial charge in [-0.25, -0.2) is 0 Å². The van der Waals surface area contributed by atoms with Gasteiger partial charge in [-0.05, 0) is 19.1 Å². The lowest BCUT2D eigenvalue weighted by Gasteiger charge is -2.14. The van der Waals surface area contributed by atoms with Gasteiger partial charge in [-0.3, -0.25) is 4.79 Å². The first-order valence-electron chi connectivity index (χ1n) is 4.22. The van der Waals surface area contributed by atoms with E-state index in [1.54, 1.807) is 6.92 Å². The molecule has 0 saturated heterocycles. The van der Waals surface area contributed by atoms with E-state index in [4.69, 9.17) is 4.74 Å². The Balaban J connectivity index is 2.60. The molecule has 0 amide bonds. The molecule has 0 fully saturated rings. The van der Waals surface area contributed by atoms with Crippen molar-refractivity contribution in [3.63, 3.8) is 0 Å². The van der Waals surface area contributed by atoms with Gasteiger partial charge in [0.1, 0.15) is 12.4 Å². The number of hydrogen-bond acceptors (Lipinski definition) is 2. The number of Topliss-reactive ketones (excluding diaryl/α,β-unsaturated/α-hetero) is 1. The van der Waals surface area contributed by atoms with Crippen LogP contribution in [-0.4, -0.2) is 12.4 Å². The summed E-state index contributed by atoms with van der Waals surface area (Å²) in [4.78, 5) is 11.2. The summed E-state index contributed by atoms with van der Waals surface area (Å²) in [5.41, 5.74) is 1.63. The van der Waals surface area contributed by atoms with Crippen molar-refractivity contribution in [2.45, 2.75) is 6.92 Å². The van der Waals surface area contributed by atoms with Crippen LogP contribution in [0.1, 0.15) is 22.8 Å². The standard InChI is InChI=1S/C11H10O2/c1-8(12)9-4-2-6-11-10(9)5-3-7-13-11/h2-6H,7H2,1H3. The number of benzene rings is 1. The van der Waals surface area contributed by atoms with E-state index in [1.165, 1.54) is 0 Å². The van der Waals surface area contributed by atoms with Gasteiger partial charge in [-0.1, -0.05) is 18.2 Å². The second kappa shape index (κ2) is 3.05. The van der Waals surface area contributed by atoms with Crippen LogP contribution < -0.4 is 4.74 Å². The van der Waals surface area contributed by atoms with Gasteiger partial charge in [-0.2, -0.15) is 0 Å². The van der Waals surface area contributed by atoms with Crippen molar-refractivity contribution >= 4 is 11.9 Å². The van der Waals surface area contributed by atoms with Crippen LogP contribution >= 0.6 is 0 Å². The minimum absolute atomic E-state index is 0.0759. The molecule has 2 nitrogen and oxygen atoms in total. The van der Waals surface area contributed by atoms with Crippen LogP contribution in [0.5, 0.6) is 5.75 Å². The minimum atomic E-state index is 0.0759. The van der Waals surface area contributed by atoms with Crippen molar-refractivity contribution in [2.24, 2.45) is 0 Å². The largest absolute Gasteiger partial charge is 0.489 e. The van der Waals surface area contributed by atoms with Crippen LogP contribution in [0.3, 0.4) is 0 Å². The molecule has 1 aliphatic heterocycles. The van der Waals surface area contributed by atoms with E-state index in [9.17, 15) is 4.79 Å². The third-order valence-corrected chi connectivity index (χ3v) is 2.06. The molecule has 13 heavy (non-hydrogen) atoms. The van der Waals surface area contributed by atoms with Crippen molar-refractivity contribution in [1.82, 2.24) is 0 Å². The summed E-state index contributed by atoms with van der Waals surface area (Å²) in [6.45, 7) is 2.16. The Kier molecular flexibility index (Phi) is 1.89. The predicted molar refractivity (Wildman–Crippen MR) is 51.0 cm³/mol. The zero-order valence-corrected chi connectivity index (χ0v) is 7.41. The van der Waals surface area contributed by atoms with Gasteiger partial charge in [0.2, 0.25) is 0 Å². The molecule has 0 bridgehead atoms. The zero-order valence-electron chi connectivity index (χ0n) is 7.41. The molecule has 2 rings (SSSR count). The van der Waals surface area contributed by atoms with Crippen LogP contribution in [0.2, 0.25) is 0 Å². The van der Waals surface area contributed by atoms with Crippen molar-refractivity contribution in [2.75, 3.05) is 6.61 Å². The van der Waals surface area contributed by atoms with E-state index in [0.717, 1.165) is 16.9 Å². The highest BCUT2D eigenvalue weighted by Crippen LogP contribution is 2.26. The fraction of sp³-hybridized carbons (Fsp3) is 0.182. The van der Waals surface area contributed by atoms with Crippen LogP contribution in [0, 0.1) is 0 Å². The summed E-state index contributed by atoms with van der Waals surface area (Å²) in [7, 11) is 0. The number of ketones is 1. The average Bonchev–Trinajstić information content (AvgIpc) is 2.17. The van der Waals surface area contributed by atoms with E-state index in [1.807, 2.05) is 30.4 Å². The molecule has 0 aliphatic carbocycles. The smallest absolute Gasteiger partial charge is 0.160 e. The van der Waals surface area contributed by atoms with E-state index >= 15 is 0 Å². The molecule has 0 aromatic heterocycles. The first-order valence-corrected chi connectivity index (χ1v) is 4.22. The van der Waals surface area contributed by atoms with Gasteiger partial charge in [0.25, 0.3) is 0 Å². The Labute approximate surface area is 76.8 Å². The van der Waals surface area contributed by atoms with E-state index in [2.05, 4.69) is 0 Å². The molecule has 1 aromatic carbocycles. The zero-order chi connectivity index (χ0) is 9.26. The summed E-state index contributed by atoms with van der Waals surface area (Å²) >= 11 is 0. The van der Waals surface area contributed by atoms with Gasteiger partial charge in [-0.15, -0.1) is 0 Å². The number of carbonyl (C=O) groups excluding carboxylic acids is 1. The number of ether oxygens (including phenoxy) is 1. The SMILES string of the molecule is CC(=O)c1cccc2c1C=CCO2. The Hall–Kier alpha value is -1.57. The molecule has 1 aromatic rings. The second-order valence-electron chi connectivity index (χ2n) is 2.99. The van der Waals surface area contributed by atoms with Gasteiger partial charge < -0.3 is 4.74 Å². The molecule has 0 unspecified atom stereocenters. The average molecular weight is 174 g/mol. The highest BCUT2D eigenvalue weighted by atomic mass is 16.5. The van der Waals surface area contributed by atoms with E-state index in [0.29, 0.717) is 6.61 Å². The van der Waals surface area contributed by atoms with Gasteiger partial charge in [0.15, 0.2) is 5.78 Å². The van der Waals surface area contributed by atoms with Gasteiger partial charge in [0, 0.05) is 11.1 Å². The molecule has 0 saturated carbocycles. The molecule has 1 aliphatic rings. The topological polar surface area (TPSA) is 26.3 Å².